The Kier molecular flexibility index (Phi) is 6.32. The van der Waals surface area contributed by atoms with Crippen LogP contribution in [0.1, 0.15) is 66.3 Å². The fourth-order valence-corrected chi connectivity index (χ4v) is 6.14. The second-order valence-electron chi connectivity index (χ2n) is 11.4. The highest BCUT2D eigenvalue weighted by molar-refractivity contribution is 6.04. The molecular weight excluding hydrogens is 565 g/mol. The number of nitrogen functional groups attached to an aromatic ring is 1. The first-order valence-corrected chi connectivity index (χ1v) is 14.2. The van der Waals surface area contributed by atoms with E-state index in [2.05, 4.69) is 15.4 Å². The molecule has 3 aromatic heterocycles. The summed E-state index contributed by atoms with van der Waals surface area (Å²) in [5.41, 5.74) is 7.33. The maximum Gasteiger partial charge on any atom is 0.433 e. The van der Waals surface area contributed by atoms with Crippen LogP contribution in [-0.4, -0.2) is 59.6 Å². The summed E-state index contributed by atoms with van der Waals surface area (Å²) >= 11 is 0. The summed E-state index contributed by atoms with van der Waals surface area (Å²) in [5.74, 6) is 0.765. The predicted molar refractivity (Wildman–Crippen MR) is 149 cm³/mol. The lowest BCUT2D eigenvalue weighted by Gasteiger charge is -2.34. The van der Waals surface area contributed by atoms with Crippen molar-refractivity contribution in [2.24, 2.45) is 7.05 Å². The molecule has 7 rings (SSSR count). The molecule has 0 bridgehead atoms. The van der Waals surface area contributed by atoms with Crippen molar-refractivity contribution in [3.63, 3.8) is 0 Å². The van der Waals surface area contributed by atoms with Gasteiger partial charge in [0.25, 0.3) is 5.91 Å². The Bertz CT molecular complexity index is 1760. The lowest BCUT2D eigenvalue weighted by Crippen LogP contribution is -2.41. The molecule has 14 heteroatoms. The number of carbonyl (C=O) groups excluding carboxylic acids is 2. The molecule has 2 atom stereocenters. The Morgan fingerprint density at radius 2 is 1.95 bits per heavy atom. The molecule has 5 heterocycles. The molecule has 0 spiro atoms. The number of nitrogens with zero attached hydrogens (tertiary/aromatic N) is 6. The van der Waals surface area contributed by atoms with Crippen LogP contribution < -0.4 is 15.8 Å². The van der Waals surface area contributed by atoms with Crippen molar-refractivity contribution in [2.45, 2.75) is 62.8 Å². The zero-order valence-electron chi connectivity index (χ0n) is 23.3. The van der Waals surface area contributed by atoms with Gasteiger partial charge in [0.1, 0.15) is 34.3 Å². The highest BCUT2D eigenvalue weighted by atomic mass is 19.4. The Balaban J connectivity index is 1.25. The van der Waals surface area contributed by atoms with Crippen LogP contribution in [-0.2, 0) is 18.0 Å². The van der Waals surface area contributed by atoms with Crippen LogP contribution in [0.4, 0.5) is 24.8 Å². The lowest BCUT2D eigenvalue weighted by atomic mass is 9.92. The molecule has 224 valence electrons. The van der Waals surface area contributed by atoms with Crippen molar-refractivity contribution < 1.29 is 27.5 Å². The molecule has 0 radical (unpaired) electrons. The van der Waals surface area contributed by atoms with E-state index in [1.807, 2.05) is 9.30 Å². The SMILES string of the molecule is Cn1nc(NC(=O)c2ccc(-c3nc([C@@H]4CC[C@H]5CCC(=O)N5C4)n4ccnc(N)c34)c(OC3CC3)c2)cc1C(F)(F)F. The van der Waals surface area contributed by atoms with Gasteiger partial charge in [-0.15, -0.1) is 0 Å². The summed E-state index contributed by atoms with van der Waals surface area (Å²) in [5, 5.41) is 6.23. The number of imidazole rings is 1. The number of carbonyl (C=O) groups is 2. The summed E-state index contributed by atoms with van der Waals surface area (Å²) < 4.78 is 48.5. The smallest absolute Gasteiger partial charge is 0.433 e. The summed E-state index contributed by atoms with van der Waals surface area (Å²) in [4.78, 5) is 36.9. The van der Waals surface area contributed by atoms with E-state index >= 15 is 0 Å². The molecule has 2 amide bonds. The van der Waals surface area contributed by atoms with Crippen LogP contribution in [0.25, 0.3) is 16.8 Å². The van der Waals surface area contributed by atoms with Crippen molar-refractivity contribution >= 4 is 29.0 Å². The third-order valence-electron chi connectivity index (χ3n) is 8.42. The van der Waals surface area contributed by atoms with Crippen molar-refractivity contribution in [1.29, 1.82) is 0 Å². The van der Waals surface area contributed by atoms with Crippen molar-refractivity contribution in [3.8, 4) is 17.0 Å². The van der Waals surface area contributed by atoms with E-state index in [4.69, 9.17) is 15.5 Å². The maximum absolute atomic E-state index is 13.2. The van der Waals surface area contributed by atoms with Crippen LogP contribution in [0, 0.1) is 0 Å². The van der Waals surface area contributed by atoms with Crippen molar-refractivity contribution in [3.05, 3.63) is 53.7 Å². The Morgan fingerprint density at radius 1 is 1.14 bits per heavy atom. The molecule has 11 nitrogen and oxygen atoms in total. The Labute approximate surface area is 243 Å². The lowest BCUT2D eigenvalue weighted by molar-refractivity contribution is -0.143. The molecule has 3 N–H and O–H groups in total. The van der Waals surface area contributed by atoms with Gasteiger partial charge < -0.3 is 20.7 Å². The molecule has 3 fully saturated rings. The number of rotatable bonds is 6. The molecule has 1 aromatic carbocycles. The van der Waals surface area contributed by atoms with Crippen molar-refractivity contribution in [2.75, 3.05) is 17.6 Å². The van der Waals surface area contributed by atoms with Gasteiger partial charge in [0.2, 0.25) is 5.91 Å². The van der Waals surface area contributed by atoms with Gasteiger partial charge in [0.05, 0.1) is 6.10 Å². The summed E-state index contributed by atoms with van der Waals surface area (Å²) in [6.45, 7) is 0.582. The number of fused-ring (bicyclic) bond motifs is 2. The fourth-order valence-electron chi connectivity index (χ4n) is 6.14. The Morgan fingerprint density at radius 3 is 2.70 bits per heavy atom. The number of aromatic nitrogens is 5. The quantitative estimate of drug-likeness (QED) is 0.338. The number of nitrogens with two attached hydrogens (primary N) is 1. The zero-order chi connectivity index (χ0) is 30.0. The number of ether oxygens (including phenoxy) is 1. The number of hydrogen-bond donors (Lipinski definition) is 2. The van der Waals surface area contributed by atoms with E-state index in [1.54, 1.807) is 30.6 Å². The van der Waals surface area contributed by atoms with Gasteiger partial charge in [0, 0.05) is 61.6 Å². The van der Waals surface area contributed by atoms with Gasteiger partial charge in [0.15, 0.2) is 5.82 Å². The number of anilines is 2. The molecular formula is C29H29F3N8O3. The fraction of sp³-hybridized carbons (Fsp3) is 0.414. The van der Waals surface area contributed by atoms with E-state index in [-0.39, 0.29) is 41.2 Å². The number of piperidine rings is 1. The molecule has 0 unspecified atom stereocenters. The maximum atomic E-state index is 13.2. The molecule has 43 heavy (non-hydrogen) atoms. The molecule has 2 aliphatic heterocycles. The Hall–Kier alpha value is -4.62. The number of nitrogens with one attached hydrogen (secondary N) is 1. The third-order valence-corrected chi connectivity index (χ3v) is 8.42. The van der Waals surface area contributed by atoms with Crippen LogP contribution in [0.5, 0.6) is 5.75 Å². The first-order chi connectivity index (χ1) is 20.6. The van der Waals surface area contributed by atoms with Gasteiger partial charge in [-0.1, -0.05) is 0 Å². The van der Waals surface area contributed by atoms with E-state index in [0.29, 0.717) is 40.2 Å². The predicted octanol–water partition coefficient (Wildman–Crippen LogP) is 4.39. The number of halogens is 3. The number of benzene rings is 1. The molecule has 2 saturated heterocycles. The minimum absolute atomic E-state index is 0.000775. The number of hydrogen-bond acceptors (Lipinski definition) is 7. The monoisotopic (exact) mass is 594 g/mol. The second kappa shape index (κ2) is 9.99. The van der Waals surface area contributed by atoms with Gasteiger partial charge >= 0.3 is 6.18 Å². The standard InChI is InChI=1S/C29H29F3N8O3/c1-38-21(29(30,31)32)13-22(37-38)35-28(42)15-3-8-19(20(12-15)43-18-6-7-18)24-25-26(33)34-10-11-39(25)27(36-24)16-2-4-17-5-9-23(41)40(17)14-16/h3,8,10-13,16-18H,2,4-7,9,14H2,1H3,(H2,33,34)(H,35,37,42)/t16-,17+/m1/s1. The average Bonchev–Trinajstić information content (AvgIpc) is 3.39. The number of amides is 2. The van der Waals surface area contributed by atoms with Gasteiger partial charge in [-0.2, -0.15) is 18.3 Å². The normalized spacial score (nSPS) is 20.5. The van der Waals surface area contributed by atoms with Crippen LogP contribution in [0.2, 0.25) is 0 Å². The summed E-state index contributed by atoms with van der Waals surface area (Å²) in [6, 6.07) is 5.88. The summed E-state index contributed by atoms with van der Waals surface area (Å²) in [7, 11) is 1.16. The van der Waals surface area contributed by atoms with Crippen molar-refractivity contribution in [1.82, 2.24) is 29.0 Å². The van der Waals surface area contributed by atoms with E-state index in [9.17, 15) is 22.8 Å². The van der Waals surface area contributed by atoms with Crippen LogP contribution in [0.3, 0.4) is 0 Å². The highest BCUT2D eigenvalue weighted by Gasteiger charge is 2.39. The highest BCUT2D eigenvalue weighted by Crippen LogP contribution is 2.41. The second-order valence-corrected chi connectivity index (χ2v) is 11.4. The van der Waals surface area contributed by atoms with E-state index in [1.165, 1.54) is 0 Å². The van der Waals surface area contributed by atoms with E-state index < -0.39 is 17.8 Å². The van der Waals surface area contributed by atoms with E-state index in [0.717, 1.165) is 51.0 Å². The first-order valence-electron chi connectivity index (χ1n) is 14.2. The zero-order valence-corrected chi connectivity index (χ0v) is 23.3. The summed E-state index contributed by atoms with van der Waals surface area (Å²) in [6.07, 6.45) is 3.75. The van der Waals surface area contributed by atoms with Gasteiger partial charge in [-0.3, -0.25) is 18.7 Å². The molecule has 3 aliphatic rings. The number of alkyl halides is 3. The first kappa shape index (κ1) is 27.2. The molecule has 4 aromatic rings. The largest absolute Gasteiger partial charge is 0.490 e. The average molecular weight is 595 g/mol. The molecule has 1 aliphatic carbocycles. The topological polar surface area (TPSA) is 133 Å². The number of aryl methyl sites for hydroxylation is 1. The van der Waals surface area contributed by atoms with Gasteiger partial charge in [-0.05, 0) is 50.3 Å². The van der Waals surface area contributed by atoms with Gasteiger partial charge in [-0.25, -0.2) is 9.97 Å². The third kappa shape index (κ3) is 4.93. The minimum Gasteiger partial charge on any atom is -0.490 e. The van der Waals surface area contributed by atoms with Crippen LogP contribution in [0.15, 0.2) is 36.7 Å². The molecule has 1 saturated carbocycles. The van der Waals surface area contributed by atoms with Crippen LogP contribution >= 0.6 is 0 Å². The minimum atomic E-state index is -4.61.